The van der Waals surface area contributed by atoms with Gasteiger partial charge in [0, 0.05) is 24.6 Å². The van der Waals surface area contributed by atoms with Crippen molar-refractivity contribution in [3.8, 4) is 0 Å². The molecule has 2 atom stereocenters. The molecule has 0 unspecified atom stereocenters. The number of benzene rings is 3. The number of carbonyl (C=O) groups excluding carboxylic acids is 1. The molecule has 0 spiro atoms. The Bertz CT molecular complexity index is 1440. The first-order chi connectivity index (χ1) is 17.4. The van der Waals surface area contributed by atoms with Crippen LogP contribution in [0.3, 0.4) is 0 Å². The summed E-state index contributed by atoms with van der Waals surface area (Å²) in [5.74, 6) is -1.18. The maximum Gasteiger partial charge on any atom is 0.304 e. The average molecular weight is 483 g/mol. The highest BCUT2D eigenvalue weighted by Gasteiger charge is 2.30. The van der Waals surface area contributed by atoms with E-state index < -0.39 is 5.97 Å². The van der Waals surface area contributed by atoms with E-state index >= 15 is 0 Å². The molecule has 1 N–H and O–H groups in total. The highest BCUT2D eigenvalue weighted by atomic mass is 16.4. The predicted molar refractivity (Wildman–Crippen MR) is 138 cm³/mol. The third-order valence-electron chi connectivity index (χ3n) is 7.43. The number of aromatic nitrogens is 3. The molecule has 7 heteroatoms. The Kier molecular flexibility index (Phi) is 6.31. The first kappa shape index (κ1) is 23.7. The van der Waals surface area contributed by atoms with Crippen LogP contribution in [0.5, 0.6) is 0 Å². The molecule has 0 radical (unpaired) electrons. The van der Waals surface area contributed by atoms with E-state index in [2.05, 4.69) is 29.4 Å². The molecule has 184 valence electrons. The molecule has 3 aromatic carbocycles. The second-order valence-electron chi connectivity index (χ2n) is 9.45. The van der Waals surface area contributed by atoms with E-state index in [9.17, 15) is 14.7 Å². The highest BCUT2D eigenvalue weighted by Crippen LogP contribution is 2.37. The van der Waals surface area contributed by atoms with E-state index in [1.54, 1.807) is 0 Å². The minimum absolute atomic E-state index is 0.0153. The Morgan fingerprint density at radius 3 is 2.61 bits per heavy atom. The first-order valence-corrected chi connectivity index (χ1v) is 12.4. The van der Waals surface area contributed by atoms with Gasteiger partial charge in [-0.05, 0) is 73.2 Å². The van der Waals surface area contributed by atoms with Crippen molar-refractivity contribution in [1.82, 2.24) is 19.9 Å². The Labute approximate surface area is 210 Å². The van der Waals surface area contributed by atoms with Gasteiger partial charge in [-0.2, -0.15) is 0 Å². The van der Waals surface area contributed by atoms with Gasteiger partial charge in [-0.1, -0.05) is 47.7 Å². The SMILES string of the molecule is CCn1nnc2c(C)c([C@@H](CC(=O)O)c3ccc4c(c3)[C@H](C)N(C(=O)c3ccccc3)CC4)ccc21. The Morgan fingerprint density at radius 2 is 1.89 bits per heavy atom. The van der Waals surface area contributed by atoms with Crippen LogP contribution in [0, 0.1) is 6.92 Å². The minimum Gasteiger partial charge on any atom is -0.481 e. The second kappa shape index (κ2) is 9.57. The molecule has 1 aromatic heterocycles. The summed E-state index contributed by atoms with van der Waals surface area (Å²) in [5, 5.41) is 18.4. The third-order valence-corrected chi connectivity index (χ3v) is 7.43. The molecule has 1 aliphatic heterocycles. The van der Waals surface area contributed by atoms with Crippen LogP contribution < -0.4 is 0 Å². The van der Waals surface area contributed by atoms with Crippen molar-refractivity contribution >= 4 is 22.9 Å². The number of aliphatic carboxylic acids is 1. The van der Waals surface area contributed by atoms with Gasteiger partial charge in [0.2, 0.25) is 0 Å². The van der Waals surface area contributed by atoms with Gasteiger partial charge in [0.25, 0.3) is 5.91 Å². The number of carboxylic acid groups (broad SMARTS) is 1. The molecule has 36 heavy (non-hydrogen) atoms. The van der Waals surface area contributed by atoms with Crippen LogP contribution in [0.1, 0.15) is 70.4 Å². The van der Waals surface area contributed by atoms with Crippen molar-refractivity contribution in [3.05, 3.63) is 94.0 Å². The molecule has 0 saturated heterocycles. The number of hydrogen-bond acceptors (Lipinski definition) is 4. The van der Waals surface area contributed by atoms with Crippen LogP contribution in [-0.4, -0.2) is 43.4 Å². The molecule has 1 amide bonds. The molecule has 0 bridgehead atoms. The maximum atomic E-state index is 13.2. The number of nitrogens with zero attached hydrogens (tertiary/aromatic N) is 4. The summed E-state index contributed by atoms with van der Waals surface area (Å²) in [5.41, 5.74) is 7.53. The molecule has 0 aliphatic carbocycles. The fourth-order valence-corrected chi connectivity index (χ4v) is 5.45. The molecule has 4 aromatic rings. The van der Waals surface area contributed by atoms with Crippen LogP contribution in [-0.2, 0) is 17.8 Å². The quantitative estimate of drug-likeness (QED) is 0.412. The van der Waals surface area contributed by atoms with Crippen molar-refractivity contribution < 1.29 is 14.7 Å². The van der Waals surface area contributed by atoms with Gasteiger partial charge in [0.1, 0.15) is 5.52 Å². The lowest BCUT2D eigenvalue weighted by Crippen LogP contribution is -2.39. The van der Waals surface area contributed by atoms with Gasteiger partial charge in [-0.15, -0.1) is 5.10 Å². The summed E-state index contributed by atoms with van der Waals surface area (Å²) in [6.45, 7) is 7.43. The van der Waals surface area contributed by atoms with Crippen LogP contribution in [0.25, 0.3) is 11.0 Å². The van der Waals surface area contributed by atoms with Gasteiger partial charge >= 0.3 is 5.97 Å². The Hall–Kier alpha value is -4.00. The zero-order valence-corrected chi connectivity index (χ0v) is 20.8. The largest absolute Gasteiger partial charge is 0.481 e. The fourth-order valence-electron chi connectivity index (χ4n) is 5.45. The number of amides is 1. The van der Waals surface area contributed by atoms with Crippen LogP contribution in [0.15, 0.2) is 60.7 Å². The average Bonchev–Trinajstić information content (AvgIpc) is 3.32. The van der Waals surface area contributed by atoms with Crippen molar-refractivity contribution in [1.29, 1.82) is 0 Å². The van der Waals surface area contributed by atoms with Crippen LogP contribution >= 0.6 is 0 Å². The lowest BCUT2D eigenvalue weighted by Gasteiger charge is -2.36. The molecule has 5 rings (SSSR count). The summed E-state index contributed by atoms with van der Waals surface area (Å²) in [6.07, 6.45) is 0.737. The summed E-state index contributed by atoms with van der Waals surface area (Å²) in [6, 6.07) is 19.5. The molecule has 2 heterocycles. The van der Waals surface area contributed by atoms with E-state index in [0.29, 0.717) is 12.1 Å². The van der Waals surface area contributed by atoms with Gasteiger partial charge < -0.3 is 10.0 Å². The molecular weight excluding hydrogens is 452 g/mol. The summed E-state index contributed by atoms with van der Waals surface area (Å²) in [4.78, 5) is 27.1. The van der Waals surface area contributed by atoms with Crippen LogP contribution in [0.2, 0.25) is 0 Å². The lowest BCUT2D eigenvalue weighted by atomic mass is 9.82. The normalized spacial score (nSPS) is 16.1. The Morgan fingerprint density at radius 1 is 1.11 bits per heavy atom. The van der Waals surface area contributed by atoms with E-state index in [4.69, 9.17) is 0 Å². The van der Waals surface area contributed by atoms with E-state index in [-0.39, 0.29) is 24.3 Å². The van der Waals surface area contributed by atoms with Crippen molar-refractivity contribution in [2.75, 3.05) is 6.54 Å². The predicted octanol–water partition coefficient (Wildman–Crippen LogP) is 5.13. The van der Waals surface area contributed by atoms with Crippen molar-refractivity contribution in [3.63, 3.8) is 0 Å². The number of rotatable bonds is 6. The van der Waals surface area contributed by atoms with Gasteiger partial charge in [-0.25, -0.2) is 4.68 Å². The summed E-state index contributed by atoms with van der Waals surface area (Å²) < 4.78 is 1.84. The molecule has 0 fully saturated rings. The smallest absolute Gasteiger partial charge is 0.304 e. The zero-order chi connectivity index (χ0) is 25.4. The molecule has 7 nitrogen and oxygen atoms in total. The molecule has 1 aliphatic rings. The number of fused-ring (bicyclic) bond motifs is 2. The van der Waals surface area contributed by atoms with Crippen LogP contribution in [0.4, 0.5) is 0 Å². The number of carbonyl (C=O) groups is 2. The Balaban J connectivity index is 1.54. The molecular formula is C29H30N4O3. The van der Waals surface area contributed by atoms with Crippen molar-refractivity contribution in [2.45, 2.75) is 52.1 Å². The lowest BCUT2D eigenvalue weighted by molar-refractivity contribution is -0.137. The monoisotopic (exact) mass is 482 g/mol. The molecule has 0 saturated carbocycles. The van der Waals surface area contributed by atoms with E-state index in [1.165, 1.54) is 5.56 Å². The van der Waals surface area contributed by atoms with Crippen molar-refractivity contribution in [2.24, 2.45) is 0 Å². The van der Waals surface area contributed by atoms with E-state index in [1.807, 2.05) is 72.0 Å². The highest BCUT2D eigenvalue weighted by molar-refractivity contribution is 5.94. The maximum absolute atomic E-state index is 13.2. The summed E-state index contributed by atoms with van der Waals surface area (Å²) >= 11 is 0. The minimum atomic E-state index is -0.858. The standard InChI is InChI=1S/C29H30N4O3/c1-4-33-26-13-12-23(18(2)28(26)30-31-33)25(17-27(34)35)22-11-10-20-14-15-32(19(3)24(20)16-22)29(36)21-8-6-5-7-9-21/h5-13,16,19,25H,4,14-15,17H2,1-3H3,(H,34,35)/t19-,25-/m0/s1. The number of carboxylic acids is 1. The third kappa shape index (κ3) is 4.15. The first-order valence-electron chi connectivity index (χ1n) is 12.4. The van der Waals surface area contributed by atoms with Gasteiger partial charge in [-0.3, -0.25) is 9.59 Å². The topological polar surface area (TPSA) is 88.3 Å². The number of hydrogen-bond donors (Lipinski definition) is 1. The zero-order valence-electron chi connectivity index (χ0n) is 20.8. The van der Waals surface area contributed by atoms with Gasteiger partial charge in [0.05, 0.1) is 18.0 Å². The summed E-state index contributed by atoms with van der Waals surface area (Å²) in [7, 11) is 0. The fraction of sp³-hybridized carbons (Fsp3) is 0.310. The van der Waals surface area contributed by atoms with E-state index in [0.717, 1.165) is 46.3 Å². The number of aryl methyl sites for hydroxylation is 2. The van der Waals surface area contributed by atoms with Gasteiger partial charge in [0.15, 0.2) is 0 Å². The second-order valence-corrected chi connectivity index (χ2v) is 9.45.